The molecule has 2 heterocycles. The van der Waals surface area contributed by atoms with Gasteiger partial charge in [0.25, 0.3) is 0 Å². The summed E-state index contributed by atoms with van der Waals surface area (Å²) < 4.78 is 18.7. The van der Waals surface area contributed by atoms with Gasteiger partial charge in [-0.05, 0) is 63.0 Å². The van der Waals surface area contributed by atoms with E-state index < -0.39 is 5.82 Å². The van der Waals surface area contributed by atoms with Gasteiger partial charge in [-0.3, -0.25) is 9.20 Å². The van der Waals surface area contributed by atoms with Crippen LogP contribution in [0.15, 0.2) is 39.4 Å². The molecule has 4 rings (SSSR count). The second kappa shape index (κ2) is 6.18. The van der Waals surface area contributed by atoms with E-state index in [1.54, 1.807) is 6.20 Å². The zero-order valence-corrected chi connectivity index (χ0v) is 17.6. The van der Waals surface area contributed by atoms with Crippen LogP contribution in [0.1, 0.15) is 21.6 Å². The Balaban J connectivity index is 2.05. The first kappa shape index (κ1) is 17.7. The minimum absolute atomic E-state index is 0.114. The molecule has 0 saturated heterocycles. The molecule has 2 aromatic carbocycles. The van der Waals surface area contributed by atoms with Crippen LogP contribution in [0.4, 0.5) is 4.39 Å². The zero-order valence-electron chi connectivity index (χ0n) is 13.6. The summed E-state index contributed by atoms with van der Waals surface area (Å²) in [5.74, 6) is -0.122. The van der Waals surface area contributed by atoms with Crippen LogP contribution in [0.5, 0.6) is 0 Å². The highest BCUT2D eigenvalue weighted by Gasteiger charge is 2.24. The first-order valence-corrected chi connectivity index (χ1v) is 9.58. The summed E-state index contributed by atoms with van der Waals surface area (Å²) in [7, 11) is 1.88. The number of carbonyl (C=O) groups is 1. The summed E-state index contributed by atoms with van der Waals surface area (Å²) in [5.41, 5.74) is 3.19. The Morgan fingerprint density at radius 3 is 2.73 bits per heavy atom. The van der Waals surface area contributed by atoms with Crippen LogP contribution in [-0.4, -0.2) is 19.7 Å². The van der Waals surface area contributed by atoms with Gasteiger partial charge in [0.05, 0.1) is 32.3 Å². The molecule has 8 heteroatoms. The van der Waals surface area contributed by atoms with Gasteiger partial charge < -0.3 is 4.57 Å². The van der Waals surface area contributed by atoms with E-state index in [4.69, 9.17) is 11.6 Å². The quantitative estimate of drug-likeness (QED) is 0.333. The monoisotopic (exact) mass is 497 g/mol. The molecule has 4 nitrogen and oxygen atoms in total. The third-order valence-corrected chi connectivity index (χ3v) is 6.10. The molecule has 132 valence electrons. The molecule has 0 spiro atoms. The molecule has 0 aliphatic carbocycles. The van der Waals surface area contributed by atoms with Crippen LogP contribution in [0.3, 0.4) is 0 Å². The standard InChI is InChI=1S/C18H11Br2ClFN3O/c1-8-7-23-18-24(2)16-13(25(8)18)6-11(19)14(15(16)20)17(26)10-5-9(22)3-4-12(10)21/h3-7H,1-2H3. The molecule has 0 radical (unpaired) electrons. The fourth-order valence-electron chi connectivity index (χ4n) is 3.16. The van der Waals surface area contributed by atoms with Crippen molar-refractivity contribution < 1.29 is 9.18 Å². The summed E-state index contributed by atoms with van der Waals surface area (Å²) in [4.78, 5) is 17.5. The Morgan fingerprint density at radius 2 is 2.00 bits per heavy atom. The number of carbonyl (C=O) groups excluding carboxylic acids is 1. The van der Waals surface area contributed by atoms with Gasteiger partial charge in [-0.2, -0.15) is 0 Å². The van der Waals surface area contributed by atoms with Crippen LogP contribution in [-0.2, 0) is 7.05 Å². The fourth-order valence-corrected chi connectivity index (χ4v) is 5.09. The van der Waals surface area contributed by atoms with E-state index in [0.29, 0.717) is 14.5 Å². The molecule has 0 atom stereocenters. The number of rotatable bonds is 2. The third kappa shape index (κ3) is 2.45. The Labute approximate surface area is 169 Å². The lowest BCUT2D eigenvalue weighted by atomic mass is 10.0. The number of ketones is 1. The van der Waals surface area contributed by atoms with Gasteiger partial charge in [-0.1, -0.05) is 11.6 Å². The Kier molecular flexibility index (Phi) is 4.21. The number of nitrogens with zero attached hydrogens (tertiary/aromatic N) is 3. The Hall–Kier alpha value is -1.70. The number of hydrogen-bond acceptors (Lipinski definition) is 2. The molecule has 0 saturated carbocycles. The van der Waals surface area contributed by atoms with Gasteiger partial charge in [0.15, 0.2) is 5.78 Å². The zero-order chi connectivity index (χ0) is 18.7. The minimum Gasteiger partial charge on any atom is -0.312 e. The Morgan fingerprint density at radius 1 is 1.27 bits per heavy atom. The lowest BCUT2D eigenvalue weighted by Gasteiger charge is -2.11. The predicted molar refractivity (Wildman–Crippen MR) is 107 cm³/mol. The molecule has 4 aromatic rings. The van der Waals surface area contributed by atoms with E-state index >= 15 is 0 Å². The first-order valence-electron chi connectivity index (χ1n) is 7.61. The highest BCUT2D eigenvalue weighted by atomic mass is 79.9. The topological polar surface area (TPSA) is 39.3 Å². The minimum atomic E-state index is -0.515. The summed E-state index contributed by atoms with van der Waals surface area (Å²) >= 11 is 13.2. The molecule has 0 aliphatic heterocycles. The van der Waals surface area contributed by atoms with Crippen molar-refractivity contribution in [3.63, 3.8) is 0 Å². The highest BCUT2D eigenvalue weighted by molar-refractivity contribution is 9.11. The molecule has 0 bridgehead atoms. The summed E-state index contributed by atoms with van der Waals surface area (Å²) in [6, 6.07) is 5.61. The summed E-state index contributed by atoms with van der Waals surface area (Å²) in [6.07, 6.45) is 1.79. The number of aromatic nitrogens is 3. The first-order chi connectivity index (χ1) is 12.3. The van der Waals surface area contributed by atoms with E-state index in [-0.39, 0.29) is 16.4 Å². The summed E-state index contributed by atoms with van der Waals surface area (Å²) in [6.45, 7) is 1.97. The predicted octanol–water partition coefficient (Wildman–Crippen LogP) is 5.68. The molecule has 0 aliphatic rings. The van der Waals surface area contributed by atoms with Crippen LogP contribution >= 0.6 is 43.5 Å². The summed E-state index contributed by atoms with van der Waals surface area (Å²) in [5, 5.41) is 0.202. The van der Waals surface area contributed by atoms with Gasteiger partial charge in [0, 0.05) is 22.8 Å². The van der Waals surface area contributed by atoms with Crippen molar-refractivity contribution in [2.45, 2.75) is 6.92 Å². The molecule has 0 N–H and O–H groups in total. The molecule has 2 aromatic heterocycles. The number of imidazole rings is 2. The van der Waals surface area contributed by atoms with Crippen LogP contribution < -0.4 is 0 Å². The number of halogens is 4. The second-order valence-electron chi connectivity index (χ2n) is 5.96. The lowest BCUT2D eigenvalue weighted by molar-refractivity contribution is 0.103. The van der Waals surface area contributed by atoms with Crippen molar-refractivity contribution in [3.05, 3.63) is 67.1 Å². The highest BCUT2D eigenvalue weighted by Crippen LogP contribution is 2.37. The second-order valence-corrected chi connectivity index (χ2v) is 8.02. The van der Waals surface area contributed by atoms with Gasteiger partial charge in [0.2, 0.25) is 5.78 Å². The Bertz CT molecular complexity index is 1230. The maximum atomic E-state index is 13.6. The van der Waals surface area contributed by atoms with Gasteiger partial charge in [0.1, 0.15) is 5.82 Å². The number of fused-ring (bicyclic) bond motifs is 3. The fraction of sp³-hybridized carbons (Fsp3) is 0.111. The van der Waals surface area contributed by atoms with E-state index in [1.165, 1.54) is 12.1 Å². The van der Waals surface area contributed by atoms with Crippen LogP contribution in [0.2, 0.25) is 5.02 Å². The molecule has 0 fully saturated rings. The smallest absolute Gasteiger partial charge is 0.214 e. The van der Waals surface area contributed by atoms with Crippen molar-refractivity contribution in [3.8, 4) is 0 Å². The van der Waals surface area contributed by atoms with Gasteiger partial charge in [-0.25, -0.2) is 9.37 Å². The van der Waals surface area contributed by atoms with Crippen LogP contribution in [0.25, 0.3) is 16.8 Å². The van der Waals surface area contributed by atoms with Crippen LogP contribution in [0, 0.1) is 12.7 Å². The van der Waals surface area contributed by atoms with Gasteiger partial charge in [-0.15, -0.1) is 0 Å². The normalized spacial score (nSPS) is 11.6. The van der Waals surface area contributed by atoms with Crippen molar-refractivity contribution in [2.24, 2.45) is 7.05 Å². The maximum Gasteiger partial charge on any atom is 0.214 e. The van der Waals surface area contributed by atoms with E-state index in [1.807, 2.05) is 29.0 Å². The van der Waals surface area contributed by atoms with Gasteiger partial charge >= 0.3 is 0 Å². The maximum absolute atomic E-state index is 13.6. The SMILES string of the molecule is Cc1cnc2n(C)c3c(Br)c(C(=O)c4cc(F)ccc4Cl)c(Br)cc3n12. The number of aryl methyl sites for hydroxylation is 2. The van der Waals surface area contributed by atoms with E-state index in [0.717, 1.165) is 28.6 Å². The van der Waals surface area contributed by atoms with E-state index in [9.17, 15) is 9.18 Å². The molecule has 26 heavy (non-hydrogen) atoms. The molecular weight excluding hydrogens is 488 g/mol. The third-order valence-electron chi connectivity index (χ3n) is 4.37. The van der Waals surface area contributed by atoms with E-state index in [2.05, 4.69) is 36.8 Å². The largest absolute Gasteiger partial charge is 0.312 e. The average molecular weight is 500 g/mol. The van der Waals surface area contributed by atoms with Crippen molar-refractivity contribution >= 4 is 66.1 Å². The van der Waals surface area contributed by atoms with Crippen molar-refractivity contribution in [1.29, 1.82) is 0 Å². The van der Waals surface area contributed by atoms with Crippen molar-refractivity contribution in [2.75, 3.05) is 0 Å². The number of benzene rings is 2. The molecular formula is C18H11Br2ClFN3O. The number of hydrogen-bond donors (Lipinski definition) is 0. The van der Waals surface area contributed by atoms with Crippen molar-refractivity contribution in [1.82, 2.24) is 14.0 Å². The average Bonchev–Trinajstić information content (AvgIpc) is 3.09. The lowest BCUT2D eigenvalue weighted by Crippen LogP contribution is -2.06. The molecule has 0 unspecified atom stereocenters. The molecule has 0 amide bonds.